The fraction of sp³-hybridized carbons (Fsp3) is 0.200. The van der Waals surface area contributed by atoms with Crippen LogP contribution < -0.4 is 19.6 Å². The van der Waals surface area contributed by atoms with Crippen molar-refractivity contribution in [3.05, 3.63) is 421 Å². The summed E-state index contributed by atoms with van der Waals surface area (Å²) in [5.41, 5.74) is 20.2. The third-order valence-electron chi connectivity index (χ3n) is 24.0. The molecule has 0 heterocycles. The Balaban J connectivity index is 0.000000236. The van der Waals surface area contributed by atoms with Gasteiger partial charge in [-0.2, -0.15) is 0 Å². The van der Waals surface area contributed by atoms with Crippen LogP contribution in [0.2, 0.25) is 5.02 Å². The van der Waals surface area contributed by atoms with Crippen molar-refractivity contribution in [2.45, 2.75) is 111 Å². The average Bonchev–Trinajstić information content (AvgIpc) is 0.746. The highest BCUT2D eigenvalue weighted by Gasteiger charge is 2.25. The molecule has 0 bridgehead atoms. The van der Waals surface area contributed by atoms with Crippen molar-refractivity contribution >= 4 is 140 Å². The van der Waals surface area contributed by atoms with Crippen molar-refractivity contribution in [3.63, 3.8) is 0 Å². The van der Waals surface area contributed by atoms with Crippen LogP contribution in [0.1, 0.15) is 111 Å². The average molecular weight is 2050 g/mol. The number of allylic oxidation sites excluding steroid dienone is 15. The molecule has 0 amide bonds. The molecule has 0 saturated heterocycles. The van der Waals surface area contributed by atoms with E-state index in [2.05, 4.69) is 110 Å². The van der Waals surface area contributed by atoms with Gasteiger partial charge >= 0.3 is 0 Å². The molecule has 0 fully saturated rings. The van der Waals surface area contributed by atoms with Gasteiger partial charge in [0.05, 0.1) is 29.4 Å². The lowest BCUT2D eigenvalue weighted by Crippen LogP contribution is -2.22. The molecule has 0 spiro atoms. The smallest absolute Gasteiger partial charge is 0.200 e. The molecule has 0 atom stereocenters. The predicted octanol–water partition coefficient (Wildman–Crippen LogP) is 19.2. The normalized spacial score (nSPS) is 12.9. The summed E-state index contributed by atoms with van der Waals surface area (Å²) in [6, 6.07) is 70.8. The molecular formula is C110H116ClN7O18S6. The minimum atomic E-state index is -4.92. The van der Waals surface area contributed by atoms with Crippen molar-refractivity contribution in [1.82, 2.24) is 0 Å². The highest BCUT2D eigenvalue weighted by Crippen LogP contribution is 2.41. The second-order valence-corrected chi connectivity index (χ2v) is 41.6. The SMILES string of the molecule is CCN(CC)c1ccc(C(=C2C=CC(=[N+](CC)CC)C=C2)c2cc(S(=O)(=O)[O-])cc3cc(S(=O)(=O)[O-])ccc23)cc1.CCN(Cc1cccc(S(=O)(=O)[O-])c1)c1ccc(C(=C2C=CC(=[N+](C)C)C=C2)c2ccc(N(CC)Cc3cccc(S(=O)(=O)[O-])c3)cc2)cc1.CCN(Cc1cccc(S(=O)(=O)[O-])c1)c1ccc(C(=C2C=CC(=[N+](CC)Cc3cccc(S(=O)(=O)[O-])c3)C=C2)c2ccccc2Cl)cc1.[CH3+].[CH3+].[CH3+]. The van der Waals surface area contributed by atoms with Gasteiger partial charge in [-0.1, -0.05) is 133 Å². The Labute approximate surface area is 843 Å². The second kappa shape index (κ2) is 49.1. The molecule has 32 heteroatoms. The molecule has 142 heavy (non-hydrogen) atoms. The number of hydrogen-bond acceptors (Lipinski definition) is 22. The summed E-state index contributed by atoms with van der Waals surface area (Å²) >= 11 is 6.73. The van der Waals surface area contributed by atoms with Crippen molar-refractivity contribution in [1.29, 1.82) is 0 Å². The first kappa shape index (κ1) is 113. The lowest BCUT2D eigenvalue weighted by atomic mass is 9.88. The molecule has 14 rings (SSSR count). The summed E-state index contributed by atoms with van der Waals surface area (Å²) in [6.45, 7) is 24.1. The van der Waals surface area contributed by atoms with Crippen molar-refractivity contribution in [2.75, 3.05) is 86.1 Å². The predicted molar refractivity (Wildman–Crippen MR) is 564 cm³/mol. The molecule has 0 N–H and O–H groups in total. The molecule has 3 aliphatic rings. The van der Waals surface area contributed by atoms with Gasteiger partial charge in [0.15, 0.2) is 23.7 Å². The Bertz CT molecular complexity index is 7420. The second-order valence-electron chi connectivity index (χ2n) is 32.9. The van der Waals surface area contributed by atoms with E-state index >= 15 is 0 Å². The maximum atomic E-state index is 12.2. The topological polar surface area (TPSA) is 365 Å². The monoisotopic (exact) mass is 2050 g/mol. The van der Waals surface area contributed by atoms with Gasteiger partial charge in [-0.25, -0.2) is 64.2 Å². The number of fused-ring (bicyclic) bond motifs is 1. The van der Waals surface area contributed by atoms with Crippen LogP contribution >= 0.6 is 11.6 Å². The number of rotatable bonds is 32. The Morgan fingerprint density at radius 1 is 0.282 bits per heavy atom. The summed E-state index contributed by atoms with van der Waals surface area (Å²) in [6.07, 6.45) is 24.3. The third kappa shape index (κ3) is 28.7. The van der Waals surface area contributed by atoms with E-state index in [0.717, 1.165) is 145 Å². The lowest BCUT2D eigenvalue weighted by molar-refractivity contribution is -0.539. The number of halogens is 1. The van der Waals surface area contributed by atoms with Crippen molar-refractivity contribution in [2.24, 2.45) is 0 Å². The molecule has 0 aromatic heterocycles. The van der Waals surface area contributed by atoms with Gasteiger partial charge in [-0.3, -0.25) is 0 Å². The molecule has 25 nitrogen and oxygen atoms in total. The van der Waals surface area contributed by atoms with Gasteiger partial charge in [0.25, 0.3) is 0 Å². The van der Waals surface area contributed by atoms with Crippen LogP contribution in [0.25, 0.3) is 27.5 Å². The Morgan fingerprint density at radius 2 is 0.570 bits per heavy atom. The molecule has 742 valence electrons. The van der Waals surface area contributed by atoms with Crippen LogP contribution in [0.15, 0.2) is 368 Å². The minimum Gasteiger partial charge on any atom is -0.744 e. The molecule has 0 aliphatic heterocycles. The van der Waals surface area contributed by atoms with E-state index in [-0.39, 0.29) is 47.2 Å². The minimum absolute atomic E-state index is 0. The molecule has 0 unspecified atom stereocenters. The van der Waals surface area contributed by atoms with E-state index in [0.29, 0.717) is 85.0 Å². The van der Waals surface area contributed by atoms with Gasteiger partial charge in [0, 0.05) is 150 Å². The molecule has 0 radical (unpaired) electrons. The zero-order valence-corrected chi connectivity index (χ0v) is 87.0. The maximum Gasteiger partial charge on any atom is 0.200 e. The van der Waals surface area contributed by atoms with Crippen LogP contribution in [0, 0.1) is 22.3 Å². The first-order chi connectivity index (χ1) is 66.0. The lowest BCUT2D eigenvalue weighted by Gasteiger charge is -2.25. The Kier molecular flexibility index (Phi) is 38.9. The van der Waals surface area contributed by atoms with Gasteiger partial charge < -0.3 is 46.9 Å². The van der Waals surface area contributed by atoms with E-state index in [1.807, 2.05) is 200 Å². The molecule has 11 aromatic rings. The van der Waals surface area contributed by atoms with Crippen LogP contribution in [0.4, 0.5) is 22.7 Å². The zero-order valence-electron chi connectivity index (χ0n) is 81.4. The van der Waals surface area contributed by atoms with E-state index in [1.54, 1.807) is 36.4 Å². The number of hydrogen-bond donors (Lipinski definition) is 0. The molecule has 11 aromatic carbocycles. The quantitative estimate of drug-likeness (QED) is 0.0215. The first-order valence-corrected chi connectivity index (χ1v) is 53.8. The fourth-order valence-electron chi connectivity index (χ4n) is 16.7. The van der Waals surface area contributed by atoms with Gasteiger partial charge in [-0.05, 0) is 308 Å². The van der Waals surface area contributed by atoms with Gasteiger partial charge in [0.1, 0.15) is 94.4 Å². The molecule has 0 saturated carbocycles. The first-order valence-electron chi connectivity index (χ1n) is 45.0. The molecular weight excluding hydrogens is 1940 g/mol. The van der Waals surface area contributed by atoms with Crippen LogP contribution in [0.3, 0.4) is 0 Å². The van der Waals surface area contributed by atoms with Crippen LogP contribution in [-0.4, -0.2) is 175 Å². The van der Waals surface area contributed by atoms with E-state index in [9.17, 15) is 77.8 Å². The van der Waals surface area contributed by atoms with Gasteiger partial charge in [0.2, 0.25) is 0 Å². The fourth-order valence-corrected chi connectivity index (χ4v) is 20.1. The zero-order chi connectivity index (χ0) is 100. The van der Waals surface area contributed by atoms with E-state index in [4.69, 9.17) is 11.6 Å². The Morgan fingerprint density at radius 3 is 0.901 bits per heavy atom. The summed E-state index contributed by atoms with van der Waals surface area (Å²) in [7, 11) is -23.9. The summed E-state index contributed by atoms with van der Waals surface area (Å²) in [5.74, 6) is 0. The van der Waals surface area contributed by atoms with Crippen LogP contribution in [-0.2, 0) is 86.9 Å². The number of anilines is 4. The highest BCUT2D eigenvalue weighted by molar-refractivity contribution is 7.87. The van der Waals surface area contributed by atoms with Crippen molar-refractivity contribution in [3.8, 4) is 0 Å². The summed E-state index contributed by atoms with van der Waals surface area (Å²) in [5, 5.41) is 1.26. The molecule has 3 aliphatic carbocycles. The number of benzene rings is 11. The largest absolute Gasteiger partial charge is 0.744 e. The highest BCUT2D eigenvalue weighted by atomic mass is 35.5. The van der Waals surface area contributed by atoms with Gasteiger partial charge in [-0.15, -0.1) is 0 Å². The standard InChI is InChI=1S/C39H41N3O6S2.C37H35ClN2O6S2.C31H34N2O6S2.3CH3/c1-5-41(27-29-9-7-11-37(25-29)49(43,44)45)35-21-15-32(16-22-35)39(31-13-19-34(20-14-31)40(3)4)33-17-23-36(24-18-33)42(6-2)28-30-10-8-12-38(26-30)50(46,47)48;1-3-39(25-27-9-7-11-33(23-27)47(41,42)43)31-19-15-29(16-20-31)37(35-13-5-6-14-36(35)38)30-17-21-32(22-18-30)40(4-2)26-28-10-8-12-34(24-28)48(44,45)46;1-5-32(6-2)25-13-9-22(10-14-25)31(23-11-15-26(16-12-23)33(7-3)8-4)30-21-28(41(37,38)39)20-24-19-27(40(34,35)36)17-18-29(24)30;;;/h7-26H,5-6,27-28H2,1-4H3,(H-,43,44,45,46,47,48);5-24H,3-4,25-26H2,1-2H3,(H-,41,42,43,44,45,46);9-21H,5-8H2,1-4H3,(H-,34,35,36,37,38,39);3*1H3/q;;;3*+1/p-3. The Hall–Kier alpha value is -13.1. The van der Waals surface area contributed by atoms with E-state index < -0.39 is 70.5 Å². The van der Waals surface area contributed by atoms with Crippen molar-refractivity contribution < 1.29 is 91.5 Å². The third-order valence-corrected chi connectivity index (χ3v) is 29.3. The summed E-state index contributed by atoms with van der Waals surface area (Å²) < 4.78 is 217. The summed E-state index contributed by atoms with van der Waals surface area (Å²) in [4.78, 5) is 6.52. The van der Waals surface area contributed by atoms with E-state index in [1.165, 1.54) is 66.7 Å². The number of nitrogens with zero attached hydrogens (tertiary/aromatic N) is 7. The van der Waals surface area contributed by atoms with Crippen LogP contribution in [0.5, 0.6) is 0 Å². The maximum absolute atomic E-state index is 12.2.